The summed E-state index contributed by atoms with van der Waals surface area (Å²) >= 11 is 0. The molecule has 0 amide bonds. The highest BCUT2D eigenvalue weighted by Crippen LogP contribution is 2.43. The molecule has 1 heterocycles. The standard InChI is InChI=1S/C26H28N/c1-17-8-10-22-21(14-17)15-24-23(22)11-9-18(2)26(24)25-16-20(12-13-27(25)3)19-6-4-5-7-19/h8-14,16,19H,4-7,15H2,1-3H3/q+1/i19D. The number of aromatic nitrogens is 1. The van der Waals surface area contributed by atoms with Crippen LogP contribution in [0.25, 0.3) is 22.4 Å². The zero-order chi connectivity index (χ0) is 19.5. The predicted octanol–water partition coefficient (Wildman–Crippen LogP) is 6.02. The van der Waals surface area contributed by atoms with Gasteiger partial charge in [0.1, 0.15) is 7.05 Å². The summed E-state index contributed by atoms with van der Waals surface area (Å²) in [6.45, 7) is 4.40. The number of pyridine rings is 1. The number of aryl methyl sites for hydroxylation is 3. The van der Waals surface area contributed by atoms with E-state index in [9.17, 15) is 0 Å². The quantitative estimate of drug-likeness (QED) is 0.387. The molecule has 0 spiro atoms. The van der Waals surface area contributed by atoms with Gasteiger partial charge < -0.3 is 0 Å². The third kappa shape index (κ3) is 2.72. The normalized spacial score (nSPS) is 17.5. The number of rotatable bonds is 2. The van der Waals surface area contributed by atoms with E-state index in [1.54, 1.807) is 0 Å². The number of fused-ring (bicyclic) bond motifs is 3. The molecule has 0 N–H and O–H groups in total. The van der Waals surface area contributed by atoms with Gasteiger partial charge in [0.2, 0.25) is 5.69 Å². The van der Waals surface area contributed by atoms with E-state index in [2.05, 4.69) is 74.1 Å². The Balaban J connectivity index is 1.70. The van der Waals surface area contributed by atoms with Crippen LogP contribution >= 0.6 is 0 Å². The average molecular weight is 356 g/mol. The van der Waals surface area contributed by atoms with Crippen LogP contribution in [0.5, 0.6) is 0 Å². The third-order valence-corrected chi connectivity index (χ3v) is 6.46. The van der Waals surface area contributed by atoms with E-state index in [4.69, 9.17) is 1.37 Å². The summed E-state index contributed by atoms with van der Waals surface area (Å²) in [5.74, 6) is -0.408. The summed E-state index contributed by atoms with van der Waals surface area (Å²) in [7, 11) is 2.13. The molecule has 0 atom stereocenters. The smallest absolute Gasteiger partial charge is 0.201 e. The van der Waals surface area contributed by atoms with E-state index >= 15 is 0 Å². The first-order valence-electron chi connectivity index (χ1n) is 10.7. The molecule has 1 heteroatoms. The second kappa shape index (κ2) is 6.34. The molecular formula is C26H28N+. The zero-order valence-corrected chi connectivity index (χ0v) is 16.6. The summed E-state index contributed by atoms with van der Waals surface area (Å²) in [4.78, 5) is 0. The van der Waals surface area contributed by atoms with Crippen LogP contribution in [-0.4, -0.2) is 0 Å². The molecule has 1 nitrogen and oxygen atoms in total. The van der Waals surface area contributed by atoms with Gasteiger partial charge in [-0.25, -0.2) is 4.57 Å². The number of hydrogen-bond acceptors (Lipinski definition) is 0. The fourth-order valence-electron chi connectivity index (χ4n) is 5.01. The predicted molar refractivity (Wildman–Crippen MR) is 112 cm³/mol. The summed E-state index contributed by atoms with van der Waals surface area (Å²) in [6.07, 6.45) is 7.47. The maximum Gasteiger partial charge on any atom is 0.213 e. The van der Waals surface area contributed by atoms with Crippen LogP contribution in [0.4, 0.5) is 0 Å². The van der Waals surface area contributed by atoms with Gasteiger partial charge in [0.15, 0.2) is 6.20 Å². The molecular weight excluding hydrogens is 326 g/mol. The van der Waals surface area contributed by atoms with Crippen LogP contribution in [0.2, 0.25) is 0 Å². The molecule has 0 aliphatic heterocycles. The summed E-state index contributed by atoms with van der Waals surface area (Å²) in [5.41, 5.74) is 12.1. The molecule has 1 saturated carbocycles. The number of hydrogen-bond donors (Lipinski definition) is 0. The topological polar surface area (TPSA) is 3.88 Å². The molecule has 0 saturated heterocycles. The van der Waals surface area contributed by atoms with Crippen molar-refractivity contribution in [3.05, 3.63) is 76.5 Å². The summed E-state index contributed by atoms with van der Waals surface area (Å²) < 4.78 is 11.2. The molecule has 2 aliphatic rings. The van der Waals surface area contributed by atoms with Crippen molar-refractivity contribution in [1.82, 2.24) is 0 Å². The van der Waals surface area contributed by atoms with E-state index in [1.807, 2.05) is 0 Å². The highest BCUT2D eigenvalue weighted by molar-refractivity contribution is 5.85. The van der Waals surface area contributed by atoms with Gasteiger partial charge in [-0.15, -0.1) is 0 Å². The Labute approximate surface area is 164 Å². The largest absolute Gasteiger partial charge is 0.213 e. The Morgan fingerprint density at radius 2 is 1.74 bits per heavy atom. The lowest BCUT2D eigenvalue weighted by Gasteiger charge is -2.14. The Morgan fingerprint density at radius 1 is 0.963 bits per heavy atom. The third-order valence-electron chi connectivity index (χ3n) is 6.46. The van der Waals surface area contributed by atoms with E-state index in [1.165, 1.54) is 63.0 Å². The van der Waals surface area contributed by atoms with Crippen molar-refractivity contribution in [3.8, 4) is 22.4 Å². The molecule has 0 unspecified atom stereocenters. The molecule has 3 aromatic rings. The molecule has 1 aromatic heterocycles. The maximum absolute atomic E-state index is 8.98. The van der Waals surface area contributed by atoms with Crippen molar-refractivity contribution in [2.75, 3.05) is 0 Å². The zero-order valence-electron chi connectivity index (χ0n) is 17.6. The van der Waals surface area contributed by atoms with E-state index in [0.717, 1.165) is 19.3 Å². The second-order valence-electron chi connectivity index (χ2n) is 8.34. The van der Waals surface area contributed by atoms with Crippen LogP contribution in [0.3, 0.4) is 0 Å². The van der Waals surface area contributed by atoms with Gasteiger partial charge in [0, 0.05) is 13.5 Å². The van der Waals surface area contributed by atoms with Crippen molar-refractivity contribution in [1.29, 1.82) is 0 Å². The van der Waals surface area contributed by atoms with Crippen molar-refractivity contribution in [2.45, 2.75) is 51.8 Å². The molecule has 2 aromatic carbocycles. The summed E-state index contributed by atoms with van der Waals surface area (Å²) in [5, 5.41) is 0. The van der Waals surface area contributed by atoms with Crippen molar-refractivity contribution in [3.63, 3.8) is 0 Å². The number of benzene rings is 2. The number of nitrogens with zero attached hydrogens (tertiary/aromatic N) is 1. The lowest BCUT2D eigenvalue weighted by molar-refractivity contribution is -0.660. The highest BCUT2D eigenvalue weighted by Gasteiger charge is 2.27. The Bertz CT molecular complexity index is 1090. The van der Waals surface area contributed by atoms with Crippen LogP contribution in [0.15, 0.2) is 48.7 Å². The second-order valence-corrected chi connectivity index (χ2v) is 8.34. The van der Waals surface area contributed by atoms with Crippen LogP contribution in [0, 0.1) is 13.8 Å². The van der Waals surface area contributed by atoms with Gasteiger partial charge in [-0.05, 0) is 72.4 Å². The first kappa shape index (κ1) is 15.6. The molecule has 2 aliphatic carbocycles. The SMILES string of the molecule is [2H]C1(c2cc[n+](C)c(-c3c(C)ccc4c3Cc3cc(C)ccc3-4)c2)CCCC1. The fraction of sp³-hybridized carbons (Fsp3) is 0.346. The Kier molecular flexibility index (Phi) is 3.67. The van der Waals surface area contributed by atoms with E-state index in [-0.39, 0.29) is 0 Å². The maximum atomic E-state index is 8.98. The van der Waals surface area contributed by atoms with Gasteiger partial charge in [-0.3, -0.25) is 0 Å². The van der Waals surface area contributed by atoms with E-state index < -0.39 is 5.89 Å². The molecule has 0 radical (unpaired) electrons. The van der Waals surface area contributed by atoms with Crippen LogP contribution < -0.4 is 4.57 Å². The Morgan fingerprint density at radius 3 is 2.56 bits per heavy atom. The first-order chi connectivity index (χ1) is 13.5. The lowest BCUT2D eigenvalue weighted by atomic mass is 9.91. The minimum absolute atomic E-state index is 0.408. The van der Waals surface area contributed by atoms with E-state index in [0.29, 0.717) is 0 Å². The minimum atomic E-state index is -0.408. The summed E-state index contributed by atoms with van der Waals surface area (Å²) in [6, 6.07) is 15.9. The van der Waals surface area contributed by atoms with Gasteiger partial charge in [-0.1, -0.05) is 48.7 Å². The van der Waals surface area contributed by atoms with Gasteiger partial charge in [-0.2, -0.15) is 0 Å². The highest BCUT2D eigenvalue weighted by atomic mass is 14.9. The fourth-order valence-corrected chi connectivity index (χ4v) is 5.01. The van der Waals surface area contributed by atoms with Crippen molar-refractivity contribution in [2.24, 2.45) is 7.05 Å². The van der Waals surface area contributed by atoms with Crippen molar-refractivity contribution < 1.29 is 5.94 Å². The van der Waals surface area contributed by atoms with Crippen LogP contribution in [0.1, 0.15) is 60.8 Å². The minimum Gasteiger partial charge on any atom is -0.201 e. The molecule has 5 rings (SSSR count). The molecule has 136 valence electrons. The van der Waals surface area contributed by atoms with Gasteiger partial charge in [0.05, 0.1) is 5.56 Å². The monoisotopic (exact) mass is 355 g/mol. The first-order valence-corrected chi connectivity index (χ1v) is 10.2. The Hall–Kier alpha value is -2.41. The van der Waals surface area contributed by atoms with Gasteiger partial charge in [0.25, 0.3) is 0 Å². The lowest BCUT2D eigenvalue weighted by Crippen LogP contribution is -2.31. The molecule has 1 fully saturated rings. The average Bonchev–Trinajstić information content (AvgIpc) is 3.26. The van der Waals surface area contributed by atoms with Crippen molar-refractivity contribution >= 4 is 0 Å². The van der Waals surface area contributed by atoms with Crippen LogP contribution in [-0.2, 0) is 13.5 Å². The molecule has 0 bridgehead atoms. The molecule has 27 heavy (non-hydrogen) atoms. The van der Waals surface area contributed by atoms with Gasteiger partial charge >= 0.3 is 0 Å².